The zero-order valence-electron chi connectivity index (χ0n) is 20.6. The standard InChI is InChI=1S/C27H36N4O4/c1-29(24-7-8-25(33)28-26(24)34)27(35)23-13-22(6-5-21(23)17-32)31-11-9-18(10-12-31)14-30-15-19-3-2-4-20(19)16-30/h5-6,13,17-20,24H,2-4,7-12,14-16H2,1H3,(H,28,33,34). The predicted octanol–water partition coefficient (Wildman–Crippen LogP) is 2.32. The van der Waals surface area contributed by atoms with Crippen molar-refractivity contribution in [2.24, 2.45) is 17.8 Å². The molecule has 3 saturated heterocycles. The van der Waals surface area contributed by atoms with E-state index in [0.29, 0.717) is 23.3 Å². The van der Waals surface area contributed by atoms with E-state index in [1.54, 1.807) is 19.2 Å². The molecule has 1 aromatic rings. The van der Waals surface area contributed by atoms with Crippen LogP contribution in [0.3, 0.4) is 0 Å². The number of likely N-dealkylation sites (N-methyl/N-ethyl adjacent to an activating group) is 1. The van der Waals surface area contributed by atoms with Gasteiger partial charge in [0.05, 0.1) is 5.56 Å². The maximum atomic E-state index is 13.3. The minimum Gasteiger partial charge on any atom is -0.371 e. The third-order valence-electron chi connectivity index (χ3n) is 8.69. The summed E-state index contributed by atoms with van der Waals surface area (Å²) in [6.45, 7) is 5.63. The summed E-state index contributed by atoms with van der Waals surface area (Å²) in [4.78, 5) is 55.1. The summed E-state index contributed by atoms with van der Waals surface area (Å²) in [5, 5.41) is 2.30. The highest BCUT2D eigenvalue weighted by molar-refractivity contribution is 6.06. The van der Waals surface area contributed by atoms with E-state index in [-0.39, 0.29) is 24.7 Å². The normalized spacial score (nSPS) is 27.6. The lowest BCUT2D eigenvalue weighted by molar-refractivity contribution is -0.136. The van der Waals surface area contributed by atoms with Crippen LogP contribution < -0.4 is 10.2 Å². The molecule has 3 amide bonds. The molecule has 5 rings (SSSR count). The van der Waals surface area contributed by atoms with Gasteiger partial charge >= 0.3 is 0 Å². The molecule has 4 fully saturated rings. The van der Waals surface area contributed by atoms with Gasteiger partial charge in [-0.15, -0.1) is 0 Å². The quantitative estimate of drug-likeness (QED) is 0.497. The molecule has 3 heterocycles. The average Bonchev–Trinajstić information content (AvgIpc) is 3.45. The third-order valence-corrected chi connectivity index (χ3v) is 8.69. The van der Waals surface area contributed by atoms with Crippen molar-refractivity contribution < 1.29 is 19.2 Å². The molecular formula is C27H36N4O4. The highest BCUT2D eigenvalue weighted by atomic mass is 16.2. The molecule has 8 nitrogen and oxygen atoms in total. The summed E-state index contributed by atoms with van der Waals surface area (Å²) < 4.78 is 0. The molecule has 1 aromatic carbocycles. The Morgan fingerprint density at radius 1 is 1.09 bits per heavy atom. The highest BCUT2D eigenvalue weighted by Crippen LogP contribution is 2.38. The van der Waals surface area contributed by atoms with Crippen molar-refractivity contribution in [3.8, 4) is 0 Å². The predicted molar refractivity (Wildman–Crippen MR) is 132 cm³/mol. The van der Waals surface area contributed by atoms with Gasteiger partial charge in [-0.05, 0) is 68.1 Å². The molecule has 1 saturated carbocycles. The minimum atomic E-state index is -0.718. The molecule has 1 N–H and O–H groups in total. The van der Waals surface area contributed by atoms with E-state index in [4.69, 9.17) is 0 Å². The van der Waals surface area contributed by atoms with Crippen molar-refractivity contribution in [1.29, 1.82) is 0 Å². The van der Waals surface area contributed by atoms with Crippen molar-refractivity contribution in [1.82, 2.24) is 15.1 Å². The zero-order valence-corrected chi connectivity index (χ0v) is 20.6. The first kappa shape index (κ1) is 24.0. The fraction of sp³-hybridized carbons (Fsp3) is 0.630. The first-order chi connectivity index (χ1) is 16.9. The number of rotatable bonds is 6. The fourth-order valence-electron chi connectivity index (χ4n) is 6.63. The Labute approximate surface area is 207 Å². The van der Waals surface area contributed by atoms with E-state index < -0.39 is 11.9 Å². The molecule has 35 heavy (non-hydrogen) atoms. The van der Waals surface area contributed by atoms with Crippen LogP contribution in [0.4, 0.5) is 5.69 Å². The molecule has 0 spiro atoms. The van der Waals surface area contributed by atoms with Crippen molar-refractivity contribution in [3.63, 3.8) is 0 Å². The molecule has 0 radical (unpaired) electrons. The summed E-state index contributed by atoms with van der Waals surface area (Å²) in [5.41, 5.74) is 1.55. The van der Waals surface area contributed by atoms with Crippen LogP contribution in [0.25, 0.3) is 0 Å². The lowest BCUT2D eigenvalue weighted by Gasteiger charge is -2.36. The Hall–Kier alpha value is -2.74. The van der Waals surface area contributed by atoms with E-state index >= 15 is 0 Å². The van der Waals surface area contributed by atoms with Crippen molar-refractivity contribution >= 4 is 29.7 Å². The lowest BCUT2D eigenvalue weighted by Crippen LogP contribution is -2.53. The van der Waals surface area contributed by atoms with Crippen LogP contribution in [0, 0.1) is 17.8 Å². The number of fused-ring (bicyclic) bond motifs is 1. The second kappa shape index (κ2) is 10.1. The molecule has 4 aliphatic rings. The Balaban J connectivity index is 1.22. The molecule has 1 aliphatic carbocycles. The van der Waals surface area contributed by atoms with Crippen LogP contribution in [-0.2, 0) is 9.59 Å². The van der Waals surface area contributed by atoms with E-state index in [0.717, 1.165) is 43.5 Å². The largest absolute Gasteiger partial charge is 0.371 e. The maximum absolute atomic E-state index is 13.3. The van der Waals surface area contributed by atoms with Gasteiger partial charge in [0.1, 0.15) is 6.04 Å². The number of anilines is 1. The maximum Gasteiger partial charge on any atom is 0.255 e. The number of nitrogens with one attached hydrogen (secondary N) is 1. The number of carbonyl (C=O) groups excluding carboxylic acids is 4. The van der Waals surface area contributed by atoms with Gasteiger partial charge in [0, 0.05) is 57.4 Å². The van der Waals surface area contributed by atoms with Crippen molar-refractivity contribution in [2.45, 2.75) is 51.0 Å². The third kappa shape index (κ3) is 4.99. The van der Waals surface area contributed by atoms with Gasteiger partial charge < -0.3 is 14.7 Å². The molecule has 0 bridgehead atoms. The second-order valence-corrected chi connectivity index (χ2v) is 10.9. The number of hydrogen-bond donors (Lipinski definition) is 1. The number of carbonyl (C=O) groups is 4. The van der Waals surface area contributed by atoms with E-state index in [2.05, 4.69) is 15.1 Å². The lowest BCUT2D eigenvalue weighted by atomic mass is 9.95. The van der Waals surface area contributed by atoms with E-state index in [1.807, 2.05) is 6.07 Å². The Bertz CT molecular complexity index is 991. The molecule has 8 heteroatoms. The zero-order chi connectivity index (χ0) is 24.5. The SMILES string of the molecule is CN(C(=O)c1cc(N2CCC(CN3CC4CCCC4C3)CC2)ccc1C=O)C1CCC(=O)NC1=O. The van der Waals surface area contributed by atoms with Gasteiger partial charge in [-0.2, -0.15) is 0 Å². The Kier molecular flexibility index (Phi) is 6.91. The number of likely N-dealkylation sites (tertiary alicyclic amines) is 1. The minimum absolute atomic E-state index is 0.197. The number of nitrogens with zero attached hydrogens (tertiary/aromatic N) is 3. The van der Waals surface area contributed by atoms with Gasteiger partial charge in [-0.3, -0.25) is 24.5 Å². The first-order valence-electron chi connectivity index (χ1n) is 13.1. The smallest absolute Gasteiger partial charge is 0.255 e. The topological polar surface area (TPSA) is 90.0 Å². The van der Waals surface area contributed by atoms with Crippen molar-refractivity contribution in [2.75, 3.05) is 44.7 Å². The van der Waals surface area contributed by atoms with Crippen LogP contribution in [0.15, 0.2) is 18.2 Å². The summed E-state index contributed by atoms with van der Waals surface area (Å²) >= 11 is 0. The number of hydrogen-bond acceptors (Lipinski definition) is 6. The fourth-order valence-corrected chi connectivity index (χ4v) is 6.63. The summed E-state index contributed by atoms with van der Waals surface area (Å²) in [6.07, 6.45) is 7.66. The summed E-state index contributed by atoms with van der Waals surface area (Å²) in [7, 11) is 1.56. The Morgan fingerprint density at radius 2 is 1.80 bits per heavy atom. The Morgan fingerprint density at radius 3 is 2.46 bits per heavy atom. The molecule has 3 atom stereocenters. The van der Waals surface area contributed by atoms with Crippen LogP contribution in [0.1, 0.15) is 65.7 Å². The molecular weight excluding hydrogens is 444 g/mol. The highest BCUT2D eigenvalue weighted by Gasteiger charge is 2.37. The van der Waals surface area contributed by atoms with Crippen LogP contribution >= 0.6 is 0 Å². The van der Waals surface area contributed by atoms with Gasteiger partial charge in [0.2, 0.25) is 11.8 Å². The molecule has 188 valence electrons. The van der Waals surface area contributed by atoms with Gasteiger partial charge in [-0.1, -0.05) is 6.42 Å². The van der Waals surface area contributed by atoms with Crippen molar-refractivity contribution in [3.05, 3.63) is 29.3 Å². The molecule has 3 unspecified atom stereocenters. The average molecular weight is 481 g/mol. The monoisotopic (exact) mass is 480 g/mol. The number of aldehydes is 1. The molecule has 3 aliphatic heterocycles. The van der Waals surface area contributed by atoms with Gasteiger partial charge in [0.15, 0.2) is 6.29 Å². The summed E-state index contributed by atoms with van der Waals surface area (Å²) in [5.74, 6) is 1.40. The van der Waals surface area contributed by atoms with E-state index in [1.165, 1.54) is 43.8 Å². The number of amides is 3. The van der Waals surface area contributed by atoms with Crippen LogP contribution in [0.2, 0.25) is 0 Å². The van der Waals surface area contributed by atoms with Gasteiger partial charge in [-0.25, -0.2) is 0 Å². The van der Waals surface area contributed by atoms with Gasteiger partial charge in [0.25, 0.3) is 5.91 Å². The number of imide groups is 1. The molecule has 0 aromatic heterocycles. The number of benzene rings is 1. The number of piperidine rings is 2. The van der Waals surface area contributed by atoms with E-state index in [9.17, 15) is 19.2 Å². The summed E-state index contributed by atoms with van der Waals surface area (Å²) in [6, 6.07) is 4.68. The second-order valence-electron chi connectivity index (χ2n) is 10.9. The van der Waals surface area contributed by atoms with Crippen LogP contribution in [0.5, 0.6) is 0 Å². The first-order valence-corrected chi connectivity index (χ1v) is 13.1. The van der Waals surface area contributed by atoms with Crippen LogP contribution in [-0.4, -0.2) is 79.6 Å².